The molecule has 0 aliphatic heterocycles. The molecule has 100 valence electrons. The van der Waals surface area contributed by atoms with E-state index < -0.39 is 11.7 Å². The molecule has 0 radical (unpaired) electrons. The Morgan fingerprint density at radius 2 is 2.05 bits per heavy atom. The molecule has 0 saturated carbocycles. The van der Waals surface area contributed by atoms with Crippen LogP contribution in [0.15, 0.2) is 35.7 Å². The van der Waals surface area contributed by atoms with Crippen LogP contribution in [-0.2, 0) is 12.8 Å². The molecule has 2 nitrogen and oxygen atoms in total. The third-order valence-corrected chi connectivity index (χ3v) is 3.25. The molecule has 0 spiro atoms. The number of aldehydes is 1. The molecule has 0 aliphatic rings. The standard InChI is InChI=1S/C13H9F3O2S/c14-13(15,16)11-6-9(7-17)3-4-12(11)18-8-10-2-1-5-19-10/h1-7H,8H2. The number of carbonyl (C=O) groups is 1. The van der Waals surface area contributed by atoms with E-state index in [0.29, 0.717) is 6.29 Å². The predicted octanol–water partition coefficient (Wildman–Crippen LogP) is 4.16. The maximum Gasteiger partial charge on any atom is 0.419 e. The zero-order valence-electron chi connectivity index (χ0n) is 9.61. The first-order chi connectivity index (χ1) is 9.00. The largest absolute Gasteiger partial charge is 0.487 e. The Morgan fingerprint density at radius 1 is 1.26 bits per heavy atom. The lowest BCUT2D eigenvalue weighted by Crippen LogP contribution is -2.09. The zero-order valence-corrected chi connectivity index (χ0v) is 10.4. The van der Waals surface area contributed by atoms with E-state index in [1.807, 2.05) is 5.38 Å². The second-order valence-corrected chi connectivity index (χ2v) is 4.77. The third-order valence-electron chi connectivity index (χ3n) is 2.40. The van der Waals surface area contributed by atoms with Crippen molar-refractivity contribution in [2.24, 2.45) is 0 Å². The van der Waals surface area contributed by atoms with Gasteiger partial charge in [-0.2, -0.15) is 13.2 Å². The van der Waals surface area contributed by atoms with Gasteiger partial charge in [-0.05, 0) is 29.6 Å². The van der Waals surface area contributed by atoms with Crippen LogP contribution in [0.2, 0.25) is 0 Å². The fraction of sp³-hybridized carbons (Fsp3) is 0.154. The van der Waals surface area contributed by atoms with Gasteiger partial charge in [0.15, 0.2) is 0 Å². The lowest BCUT2D eigenvalue weighted by molar-refractivity contribution is -0.139. The van der Waals surface area contributed by atoms with Crippen molar-refractivity contribution in [1.82, 2.24) is 0 Å². The summed E-state index contributed by atoms with van der Waals surface area (Å²) in [5, 5.41) is 1.82. The Hall–Kier alpha value is -1.82. The highest BCUT2D eigenvalue weighted by Crippen LogP contribution is 2.37. The molecule has 0 amide bonds. The molecule has 0 fully saturated rings. The topological polar surface area (TPSA) is 26.3 Å². The van der Waals surface area contributed by atoms with Crippen molar-refractivity contribution in [3.63, 3.8) is 0 Å². The number of rotatable bonds is 4. The van der Waals surface area contributed by atoms with Gasteiger partial charge in [-0.3, -0.25) is 4.79 Å². The molecule has 0 N–H and O–H groups in total. The van der Waals surface area contributed by atoms with Crippen LogP contribution in [0.1, 0.15) is 20.8 Å². The highest BCUT2D eigenvalue weighted by Gasteiger charge is 2.34. The Kier molecular flexibility index (Phi) is 3.90. The Labute approximate surface area is 111 Å². The average Bonchev–Trinajstić information content (AvgIpc) is 2.88. The van der Waals surface area contributed by atoms with Crippen molar-refractivity contribution >= 4 is 17.6 Å². The highest BCUT2D eigenvalue weighted by atomic mass is 32.1. The van der Waals surface area contributed by atoms with Gasteiger partial charge in [-0.15, -0.1) is 11.3 Å². The maximum atomic E-state index is 12.8. The van der Waals surface area contributed by atoms with Gasteiger partial charge >= 0.3 is 6.18 Å². The summed E-state index contributed by atoms with van der Waals surface area (Å²) in [7, 11) is 0. The summed E-state index contributed by atoms with van der Waals surface area (Å²) in [4.78, 5) is 11.4. The van der Waals surface area contributed by atoms with Crippen LogP contribution < -0.4 is 4.74 Å². The van der Waals surface area contributed by atoms with Crippen molar-refractivity contribution in [1.29, 1.82) is 0 Å². The molecule has 6 heteroatoms. The van der Waals surface area contributed by atoms with Gasteiger partial charge in [0.05, 0.1) is 5.56 Å². The molecule has 2 rings (SSSR count). The van der Waals surface area contributed by atoms with Crippen molar-refractivity contribution in [3.05, 3.63) is 51.7 Å². The lowest BCUT2D eigenvalue weighted by atomic mass is 10.1. The number of ether oxygens (including phenoxy) is 1. The first-order valence-corrected chi connectivity index (χ1v) is 6.20. The van der Waals surface area contributed by atoms with Crippen molar-refractivity contribution in [3.8, 4) is 5.75 Å². The molecule has 0 atom stereocenters. The number of alkyl halides is 3. The van der Waals surface area contributed by atoms with Gasteiger partial charge in [0.25, 0.3) is 0 Å². The second-order valence-electron chi connectivity index (χ2n) is 3.74. The van der Waals surface area contributed by atoms with Gasteiger partial charge in [0.2, 0.25) is 0 Å². The molecule has 1 aromatic carbocycles. The molecule has 1 aromatic heterocycles. The van der Waals surface area contributed by atoms with E-state index in [1.54, 1.807) is 12.1 Å². The number of benzene rings is 1. The number of hydrogen-bond donors (Lipinski definition) is 0. The van der Waals surface area contributed by atoms with Crippen LogP contribution in [0, 0.1) is 0 Å². The van der Waals surface area contributed by atoms with E-state index in [2.05, 4.69) is 0 Å². The summed E-state index contributed by atoms with van der Waals surface area (Å²) in [5.41, 5.74) is -0.968. The SMILES string of the molecule is O=Cc1ccc(OCc2cccs2)c(C(F)(F)F)c1. The zero-order chi connectivity index (χ0) is 13.9. The van der Waals surface area contributed by atoms with E-state index in [9.17, 15) is 18.0 Å². The fourth-order valence-electron chi connectivity index (χ4n) is 1.51. The first kappa shape index (κ1) is 13.6. The maximum absolute atomic E-state index is 12.8. The summed E-state index contributed by atoms with van der Waals surface area (Å²) in [6, 6.07) is 6.82. The van der Waals surface area contributed by atoms with Crippen molar-refractivity contribution < 1.29 is 22.7 Å². The van der Waals surface area contributed by atoms with Gasteiger partial charge in [-0.1, -0.05) is 6.07 Å². The number of hydrogen-bond acceptors (Lipinski definition) is 3. The molecule has 0 saturated heterocycles. The molecular weight excluding hydrogens is 277 g/mol. The molecule has 19 heavy (non-hydrogen) atoms. The minimum absolute atomic E-state index is 0.0317. The Morgan fingerprint density at radius 3 is 2.63 bits per heavy atom. The predicted molar refractivity (Wildman–Crippen MR) is 65.5 cm³/mol. The number of halogens is 3. The summed E-state index contributed by atoms with van der Waals surface area (Å²) < 4.78 is 43.7. The van der Waals surface area contributed by atoms with Crippen LogP contribution >= 0.6 is 11.3 Å². The van der Waals surface area contributed by atoms with E-state index in [4.69, 9.17) is 4.74 Å². The highest BCUT2D eigenvalue weighted by molar-refractivity contribution is 7.09. The van der Waals surface area contributed by atoms with E-state index in [0.717, 1.165) is 10.9 Å². The molecule has 0 bridgehead atoms. The average molecular weight is 286 g/mol. The van der Waals surface area contributed by atoms with Crippen molar-refractivity contribution in [2.45, 2.75) is 12.8 Å². The van der Waals surface area contributed by atoms with E-state index in [1.165, 1.54) is 23.5 Å². The van der Waals surface area contributed by atoms with Crippen molar-refractivity contribution in [2.75, 3.05) is 0 Å². The molecule has 0 aliphatic carbocycles. The Balaban J connectivity index is 2.26. The fourth-order valence-corrected chi connectivity index (χ4v) is 2.13. The molecule has 2 aromatic rings. The lowest BCUT2D eigenvalue weighted by Gasteiger charge is -2.13. The summed E-state index contributed by atoms with van der Waals surface area (Å²) >= 11 is 1.40. The van der Waals surface area contributed by atoms with Gasteiger partial charge in [0, 0.05) is 10.4 Å². The summed E-state index contributed by atoms with van der Waals surface area (Å²) in [6.07, 6.45) is -4.18. The van der Waals surface area contributed by atoms with E-state index >= 15 is 0 Å². The Bertz CT molecular complexity index is 562. The number of thiophene rings is 1. The van der Waals surface area contributed by atoms with Gasteiger partial charge in [0.1, 0.15) is 18.6 Å². The van der Waals surface area contributed by atoms with Gasteiger partial charge in [-0.25, -0.2) is 0 Å². The van der Waals surface area contributed by atoms with Crippen LogP contribution in [-0.4, -0.2) is 6.29 Å². The van der Waals surface area contributed by atoms with Crippen LogP contribution in [0.4, 0.5) is 13.2 Å². The first-order valence-electron chi connectivity index (χ1n) is 5.32. The van der Waals surface area contributed by atoms with Gasteiger partial charge < -0.3 is 4.74 Å². The minimum Gasteiger partial charge on any atom is -0.487 e. The normalized spacial score (nSPS) is 11.3. The second kappa shape index (κ2) is 5.44. The third kappa shape index (κ3) is 3.35. The molecular formula is C13H9F3O2S. The number of carbonyl (C=O) groups excluding carboxylic acids is 1. The summed E-state index contributed by atoms with van der Waals surface area (Å²) in [5.74, 6) is -0.272. The monoisotopic (exact) mass is 286 g/mol. The van der Waals surface area contributed by atoms with E-state index in [-0.39, 0.29) is 17.9 Å². The summed E-state index contributed by atoms with van der Waals surface area (Å²) in [6.45, 7) is 0.0706. The van der Waals surface area contributed by atoms with Crippen LogP contribution in [0.5, 0.6) is 5.75 Å². The quantitative estimate of drug-likeness (QED) is 0.789. The van der Waals surface area contributed by atoms with Crippen LogP contribution in [0.25, 0.3) is 0 Å². The molecule has 1 heterocycles. The minimum atomic E-state index is -4.55. The van der Waals surface area contributed by atoms with Crippen LogP contribution in [0.3, 0.4) is 0 Å². The molecule has 0 unspecified atom stereocenters. The smallest absolute Gasteiger partial charge is 0.419 e.